The molecule has 3 aliphatic carbocycles. The summed E-state index contributed by atoms with van der Waals surface area (Å²) in [7, 11) is 0. The summed E-state index contributed by atoms with van der Waals surface area (Å²) in [6.45, 7) is 4.96. The fraction of sp³-hybridized carbons (Fsp3) is 0.800. The van der Waals surface area contributed by atoms with Gasteiger partial charge in [0.2, 0.25) is 0 Å². The Hall–Kier alpha value is -0.830. The lowest BCUT2D eigenvalue weighted by atomic mass is 9.76. The zero-order valence-electron chi connectivity index (χ0n) is 11.1. The van der Waals surface area contributed by atoms with Crippen LogP contribution < -0.4 is 0 Å². The van der Waals surface area contributed by atoms with E-state index < -0.39 is 5.97 Å². The van der Waals surface area contributed by atoms with Gasteiger partial charge in [-0.15, -0.1) is 0 Å². The Morgan fingerprint density at radius 1 is 1.28 bits per heavy atom. The number of carboxylic acids is 1. The summed E-state index contributed by atoms with van der Waals surface area (Å²) in [5.74, 6) is 3.65. The molecule has 2 N–H and O–H groups in total. The lowest BCUT2D eigenvalue weighted by molar-refractivity contribution is -0.131. The second-order valence-electron chi connectivity index (χ2n) is 6.10. The number of carboxylic acid groups (broad SMARTS) is 1. The number of aliphatic hydroxyl groups excluding tert-OH is 1. The molecule has 3 aliphatic rings. The van der Waals surface area contributed by atoms with Crippen molar-refractivity contribution in [1.82, 2.24) is 0 Å². The van der Waals surface area contributed by atoms with Crippen molar-refractivity contribution in [1.29, 1.82) is 0 Å². The molecule has 0 spiro atoms. The molecule has 0 aromatic rings. The molecule has 0 aliphatic heterocycles. The first-order valence-electron chi connectivity index (χ1n) is 7.08. The van der Waals surface area contributed by atoms with Crippen molar-refractivity contribution in [2.45, 2.75) is 45.1 Å². The van der Waals surface area contributed by atoms with E-state index in [1.54, 1.807) is 0 Å². The van der Waals surface area contributed by atoms with Crippen LogP contribution in [-0.2, 0) is 4.79 Å². The molecule has 0 amide bonds. The van der Waals surface area contributed by atoms with Crippen LogP contribution in [0, 0.1) is 29.6 Å². The first-order chi connectivity index (χ1) is 8.54. The molecule has 3 saturated carbocycles. The van der Waals surface area contributed by atoms with Crippen molar-refractivity contribution in [3.05, 3.63) is 12.7 Å². The Morgan fingerprint density at radius 2 is 1.89 bits per heavy atom. The molecular formula is C15H24O3. The smallest absolute Gasteiger partial charge is 0.327 e. The summed E-state index contributed by atoms with van der Waals surface area (Å²) < 4.78 is 0. The monoisotopic (exact) mass is 252 g/mol. The van der Waals surface area contributed by atoms with Crippen LogP contribution in [0.25, 0.3) is 0 Å². The molecule has 2 bridgehead atoms. The molecule has 3 fully saturated rings. The van der Waals surface area contributed by atoms with Crippen molar-refractivity contribution < 1.29 is 15.0 Å². The van der Waals surface area contributed by atoms with E-state index in [0.29, 0.717) is 5.92 Å². The lowest BCUT2D eigenvalue weighted by Crippen LogP contribution is -2.28. The minimum absolute atomic E-state index is 0.0469. The summed E-state index contributed by atoms with van der Waals surface area (Å²) in [4.78, 5) is 9.25. The van der Waals surface area contributed by atoms with E-state index in [1.165, 1.54) is 32.1 Å². The van der Waals surface area contributed by atoms with Gasteiger partial charge >= 0.3 is 5.97 Å². The maximum atomic E-state index is 9.73. The largest absolute Gasteiger partial charge is 0.478 e. The minimum Gasteiger partial charge on any atom is -0.478 e. The van der Waals surface area contributed by atoms with Crippen molar-refractivity contribution in [3.8, 4) is 0 Å². The van der Waals surface area contributed by atoms with Crippen LogP contribution in [0.1, 0.15) is 39.0 Å². The van der Waals surface area contributed by atoms with Gasteiger partial charge in [-0.2, -0.15) is 0 Å². The van der Waals surface area contributed by atoms with Gasteiger partial charge < -0.3 is 10.2 Å². The van der Waals surface area contributed by atoms with E-state index in [-0.39, 0.29) is 6.10 Å². The highest BCUT2D eigenvalue weighted by atomic mass is 16.4. The van der Waals surface area contributed by atoms with E-state index >= 15 is 0 Å². The van der Waals surface area contributed by atoms with Crippen molar-refractivity contribution in [2.75, 3.05) is 0 Å². The third kappa shape index (κ3) is 2.46. The topological polar surface area (TPSA) is 57.5 Å². The predicted octanol–water partition coefficient (Wildman–Crippen LogP) is 2.70. The number of fused-ring (bicyclic) bond motifs is 5. The summed E-state index contributed by atoms with van der Waals surface area (Å²) in [5.41, 5.74) is 0. The van der Waals surface area contributed by atoms with Crippen LogP contribution in [-0.4, -0.2) is 22.3 Å². The van der Waals surface area contributed by atoms with Gasteiger partial charge in [0.05, 0.1) is 6.10 Å². The van der Waals surface area contributed by atoms with Gasteiger partial charge in [0.1, 0.15) is 0 Å². The Morgan fingerprint density at radius 3 is 2.44 bits per heavy atom. The third-order valence-corrected chi connectivity index (χ3v) is 5.28. The van der Waals surface area contributed by atoms with Gasteiger partial charge in [-0.1, -0.05) is 6.58 Å². The Balaban J connectivity index is 0.000000209. The average molecular weight is 252 g/mol. The third-order valence-electron chi connectivity index (χ3n) is 5.28. The van der Waals surface area contributed by atoms with E-state index in [9.17, 15) is 9.90 Å². The highest BCUT2D eigenvalue weighted by Crippen LogP contribution is 2.61. The highest BCUT2D eigenvalue weighted by molar-refractivity contribution is 5.78. The SMILES string of the molecule is C=CC(=O)O.CC(O)C1CCC2C3CCC(C3)C12. The maximum Gasteiger partial charge on any atom is 0.327 e. The van der Waals surface area contributed by atoms with Crippen LogP contribution in [0.15, 0.2) is 12.7 Å². The van der Waals surface area contributed by atoms with Crippen molar-refractivity contribution >= 4 is 5.97 Å². The van der Waals surface area contributed by atoms with Crippen LogP contribution in [0.3, 0.4) is 0 Å². The molecule has 3 heteroatoms. The lowest BCUT2D eigenvalue weighted by Gasteiger charge is -2.30. The van der Waals surface area contributed by atoms with Gasteiger partial charge in [-0.05, 0) is 68.6 Å². The molecule has 6 atom stereocenters. The molecule has 3 rings (SSSR count). The van der Waals surface area contributed by atoms with Crippen molar-refractivity contribution in [3.63, 3.8) is 0 Å². The Kier molecular flexibility index (Phi) is 4.10. The number of carbonyl (C=O) groups is 1. The van der Waals surface area contributed by atoms with Crippen LogP contribution in [0.5, 0.6) is 0 Å². The second kappa shape index (κ2) is 5.43. The first-order valence-corrected chi connectivity index (χ1v) is 7.08. The summed E-state index contributed by atoms with van der Waals surface area (Å²) in [5, 5.41) is 17.3. The van der Waals surface area contributed by atoms with Gasteiger partial charge in [-0.25, -0.2) is 4.79 Å². The molecule has 3 nitrogen and oxygen atoms in total. The molecule has 6 unspecified atom stereocenters. The van der Waals surface area contributed by atoms with E-state index in [0.717, 1.165) is 29.7 Å². The number of aliphatic carboxylic acids is 1. The van der Waals surface area contributed by atoms with Crippen LogP contribution >= 0.6 is 0 Å². The summed E-state index contributed by atoms with van der Waals surface area (Å²) in [6, 6.07) is 0. The fourth-order valence-corrected chi connectivity index (χ4v) is 4.69. The highest BCUT2D eigenvalue weighted by Gasteiger charge is 2.53. The first kappa shape index (κ1) is 13.6. The molecular weight excluding hydrogens is 228 g/mol. The Bertz CT molecular complexity index is 324. The van der Waals surface area contributed by atoms with E-state index in [1.807, 2.05) is 6.92 Å². The minimum atomic E-state index is -0.981. The van der Waals surface area contributed by atoms with E-state index in [4.69, 9.17) is 5.11 Å². The zero-order chi connectivity index (χ0) is 13.3. The molecule has 0 saturated heterocycles. The summed E-state index contributed by atoms with van der Waals surface area (Å²) in [6.07, 6.45) is 7.97. The molecule has 0 aromatic carbocycles. The predicted molar refractivity (Wildman–Crippen MR) is 70.0 cm³/mol. The molecule has 18 heavy (non-hydrogen) atoms. The number of hydrogen-bond acceptors (Lipinski definition) is 2. The van der Waals surface area contributed by atoms with Crippen LogP contribution in [0.4, 0.5) is 0 Å². The van der Waals surface area contributed by atoms with Crippen LogP contribution in [0.2, 0.25) is 0 Å². The molecule has 0 aromatic heterocycles. The van der Waals surface area contributed by atoms with Gasteiger partial charge in [0.25, 0.3) is 0 Å². The van der Waals surface area contributed by atoms with Gasteiger partial charge in [0.15, 0.2) is 0 Å². The molecule has 0 heterocycles. The quantitative estimate of drug-likeness (QED) is 0.743. The van der Waals surface area contributed by atoms with Gasteiger partial charge in [-0.3, -0.25) is 0 Å². The maximum absolute atomic E-state index is 9.73. The van der Waals surface area contributed by atoms with Gasteiger partial charge in [0, 0.05) is 6.08 Å². The second-order valence-corrected chi connectivity index (χ2v) is 6.10. The zero-order valence-corrected chi connectivity index (χ0v) is 11.1. The summed E-state index contributed by atoms with van der Waals surface area (Å²) >= 11 is 0. The normalized spacial score (nSPS) is 41.8. The number of hydrogen-bond donors (Lipinski definition) is 2. The molecule has 0 radical (unpaired) electrons. The van der Waals surface area contributed by atoms with E-state index in [2.05, 4.69) is 6.58 Å². The number of rotatable bonds is 2. The van der Waals surface area contributed by atoms with Crippen molar-refractivity contribution in [2.24, 2.45) is 29.6 Å². The Labute approximate surface area is 109 Å². The number of aliphatic hydroxyl groups is 1. The standard InChI is InChI=1S/C12H20O.C3H4O2/c1-7(13)10-4-5-11-8-2-3-9(6-8)12(10)11;1-2-3(4)5/h7-13H,2-6H2,1H3;2H,1H2,(H,4,5). The average Bonchev–Trinajstić information content (AvgIpc) is 3.01. The molecule has 102 valence electrons. The fourth-order valence-electron chi connectivity index (χ4n) is 4.69.